The number of aromatic nitrogens is 2. The molecule has 0 saturated carbocycles. The molecule has 0 bridgehead atoms. The summed E-state index contributed by atoms with van der Waals surface area (Å²) in [6.45, 7) is 3.11. The molecule has 1 N–H and O–H groups in total. The molecule has 29 heavy (non-hydrogen) atoms. The Balaban J connectivity index is 1.95. The van der Waals surface area contributed by atoms with Gasteiger partial charge in [0, 0.05) is 18.9 Å². The molecule has 6 heteroatoms. The number of carbonyl (C=O) groups excluding carboxylic acids is 1. The molecule has 4 rings (SSSR count). The van der Waals surface area contributed by atoms with Gasteiger partial charge in [0.15, 0.2) is 0 Å². The van der Waals surface area contributed by atoms with E-state index >= 15 is 0 Å². The van der Waals surface area contributed by atoms with Gasteiger partial charge >= 0.3 is 5.97 Å². The third kappa shape index (κ3) is 3.17. The molecule has 6 nitrogen and oxygen atoms in total. The summed E-state index contributed by atoms with van der Waals surface area (Å²) in [5, 5.41) is 9.78. The molecule has 0 radical (unpaired) electrons. The van der Waals surface area contributed by atoms with Gasteiger partial charge in [0.25, 0.3) is 5.56 Å². The smallest absolute Gasteiger partial charge is 0.303 e. The van der Waals surface area contributed by atoms with Gasteiger partial charge in [-0.1, -0.05) is 42.5 Å². The minimum atomic E-state index is -0.616. The largest absolute Gasteiger partial charge is 0.457 e. The predicted octanol–water partition coefficient (Wildman–Crippen LogP) is 3.81. The second-order valence-corrected chi connectivity index (χ2v) is 6.93. The standard InChI is InChI=1S/C23H19N3O3/c1-14-17(12-21(29-15(2)27)16-8-4-3-5-9-16)23(28)26-20-11-7-6-10-19(20)25-22(26)18(14)13-24/h3-11,21,25H,12H2,1-2H3. The van der Waals surface area contributed by atoms with E-state index < -0.39 is 12.1 Å². The summed E-state index contributed by atoms with van der Waals surface area (Å²) in [5.74, 6) is -0.426. The number of hydrogen-bond acceptors (Lipinski definition) is 4. The molecule has 2 aromatic heterocycles. The van der Waals surface area contributed by atoms with Crippen LogP contribution in [0, 0.1) is 18.3 Å². The lowest BCUT2D eigenvalue weighted by atomic mass is 9.97. The summed E-state index contributed by atoms with van der Waals surface area (Å²) in [4.78, 5) is 28.3. The van der Waals surface area contributed by atoms with Gasteiger partial charge < -0.3 is 9.72 Å². The Morgan fingerprint density at radius 3 is 2.55 bits per heavy atom. The molecule has 0 spiro atoms. The van der Waals surface area contributed by atoms with E-state index in [1.165, 1.54) is 11.3 Å². The van der Waals surface area contributed by atoms with E-state index in [0.29, 0.717) is 27.9 Å². The number of para-hydroxylation sites is 2. The molecule has 0 fully saturated rings. The summed E-state index contributed by atoms with van der Waals surface area (Å²) in [6, 6.07) is 18.9. The fourth-order valence-electron chi connectivity index (χ4n) is 3.75. The highest BCUT2D eigenvalue weighted by Crippen LogP contribution is 2.26. The average Bonchev–Trinajstić information content (AvgIpc) is 3.10. The number of nitrogens with zero attached hydrogens (tertiary/aromatic N) is 2. The first-order valence-corrected chi connectivity index (χ1v) is 9.28. The number of aromatic amines is 1. The van der Waals surface area contributed by atoms with Gasteiger partial charge in [-0.3, -0.25) is 14.0 Å². The second kappa shape index (κ2) is 7.28. The zero-order valence-corrected chi connectivity index (χ0v) is 16.1. The van der Waals surface area contributed by atoms with E-state index in [0.717, 1.165) is 11.1 Å². The first-order valence-electron chi connectivity index (χ1n) is 9.28. The first kappa shape index (κ1) is 18.5. The molecule has 0 saturated heterocycles. The van der Waals surface area contributed by atoms with Gasteiger partial charge in [-0.05, 0) is 30.2 Å². The number of nitriles is 1. The normalized spacial score (nSPS) is 12.0. The van der Waals surface area contributed by atoms with Crippen LogP contribution < -0.4 is 5.56 Å². The van der Waals surface area contributed by atoms with Crippen LogP contribution in [0.5, 0.6) is 0 Å². The Kier molecular flexibility index (Phi) is 4.65. The highest BCUT2D eigenvalue weighted by atomic mass is 16.5. The van der Waals surface area contributed by atoms with Crippen molar-refractivity contribution in [2.75, 3.05) is 0 Å². The van der Waals surface area contributed by atoms with E-state index in [2.05, 4.69) is 11.1 Å². The number of fused-ring (bicyclic) bond motifs is 3. The number of hydrogen-bond donors (Lipinski definition) is 1. The molecule has 1 atom stereocenters. The van der Waals surface area contributed by atoms with E-state index in [-0.39, 0.29) is 12.0 Å². The van der Waals surface area contributed by atoms with Gasteiger partial charge in [0.05, 0.1) is 16.6 Å². The second-order valence-electron chi connectivity index (χ2n) is 6.93. The highest BCUT2D eigenvalue weighted by molar-refractivity contribution is 5.83. The van der Waals surface area contributed by atoms with Crippen molar-refractivity contribution in [2.24, 2.45) is 0 Å². The van der Waals surface area contributed by atoms with E-state index in [1.54, 1.807) is 6.92 Å². The van der Waals surface area contributed by atoms with Crippen molar-refractivity contribution in [3.05, 3.63) is 87.2 Å². The summed E-state index contributed by atoms with van der Waals surface area (Å²) >= 11 is 0. The quantitative estimate of drug-likeness (QED) is 0.541. The fraction of sp³-hybridized carbons (Fsp3) is 0.174. The number of benzene rings is 2. The van der Waals surface area contributed by atoms with Gasteiger partial charge in [0.1, 0.15) is 17.8 Å². The minimum absolute atomic E-state index is 0.186. The third-order valence-corrected chi connectivity index (χ3v) is 5.13. The van der Waals surface area contributed by atoms with Gasteiger partial charge in [-0.25, -0.2) is 0 Å². The van der Waals surface area contributed by atoms with Crippen LogP contribution in [-0.4, -0.2) is 15.4 Å². The van der Waals surface area contributed by atoms with E-state index in [9.17, 15) is 14.9 Å². The molecule has 144 valence electrons. The predicted molar refractivity (Wildman–Crippen MR) is 110 cm³/mol. The summed E-state index contributed by atoms with van der Waals surface area (Å²) in [5.41, 5.74) is 3.99. The van der Waals surface area contributed by atoms with Crippen molar-refractivity contribution >= 4 is 22.6 Å². The lowest BCUT2D eigenvalue weighted by Gasteiger charge is -2.19. The first-order chi connectivity index (χ1) is 14.0. The van der Waals surface area contributed by atoms with Crippen LogP contribution in [0.1, 0.15) is 35.3 Å². The van der Waals surface area contributed by atoms with Gasteiger partial charge in [0.2, 0.25) is 0 Å². The number of pyridine rings is 1. The SMILES string of the molecule is CC(=O)OC(Cc1c(C)c(C#N)c2[nH]c3ccccc3n2c1=O)c1ccccc1. The van der Waals surface area contributed by atoms with Crippen LogP contribution in [0.15, 0.2) is 59.4 Å². The number of H-pyrrole nitrogens is 1. The fourth-order valence-corrected chi connectivity index (χ4v) is 3.75. The number of carbonyl (C=O) groups is 1. The van der Waals surface area contributed by atoms with E-state index in [4.69, 9.17) is 4.74 Å². The molecule has 2 heterocycles. The van der Waals surface area contributed by atoms with Crippen LogP contribution in [-0.2, 0) is 16.0 Å². The van der Waals surface area contributed by atoms with Gasteiger partial charge in [-0.15, -0.1) is 0 Å². The minimum Gasteiger partial charge on any atom is -0.457 e. The van der Waals surface area contributed by atoms with Crippen molar-refractivity contribution in [2.45, 2.75) is 26.4 Å². The molecular formula is C23H19N3O3. The van der Waals surface area contributed by atoms with Crippen LogP contribution in [0.25, 0.3) is 16.7 Å². The van der Waals surface area contributed by atoms with Crippen LogP contribution in [0.4, 0.5) is 0 Å². The average molecular weight is 385 g/mol. The molecule has 0 aliphatic heterocycles. The monoisotopic (exact) mass is 385 g/mol. The maximum absolute atomic E-state index is 13.4. The number of esters is 1. The van der Waals surface area contributed by atoms with Crippen LogP contribution in [0.3, 0.4) is 0 Å². The lowest BCUT2D eigenvalue weighted by molar-refractivity contribution is -0.146. The topological polar surface area (TPSA) is 87.4 Å². The maximum atomic E-state index is 13.4. The Hall–Kier alpha value is -3.85. The number of rotatable bonds is 4. The Morgan fingerprint density at radius 1 is 1.17 bits per heavy atom. The molecule has 4 aromatic rings. The molecule has 0 aliphatic rings. The molecular weight excluding hydrogens is 366 g/mol. The van der Waals surface area contributed by atoms with Crippen molar-refractivity contribution in [3.8, 4) is 6.07 Å². The van der Waals surface area contributed by atoms with Crippen LogP contribution >= 0.6 is 0 Å². The van der Waals surface area contributed by atoms with E-state index in [1.807, 2.05) is 54.6 Å². The van der Waals surface area contributed by atoms with Crippen molar-refractivity contribution in [1.29, 1.82) is 5.26 Å². The number of imidazole rings is 1. The molecule has 0 amide bonds. The Morgan fingerprint density at radius 2 is 1.86 bits per heavy atom. The molecule has 0 aliphatic carbocycles. The highest BCUT2D eigenvalue weighted by Gasteiger charge is 2.23. The zero-order valence-electron chi connectivity index (χ0n) is 16.1. The molecule has 2 aromatic carbocycles. The third-order valence-electron chi connectivity index (χ3n) is 5.13. The Bertz CT molecular complexity index is 1330. The lowest BCUT2D eigenvalue weighted by Crippen LogP contribution is -2.24. The summed E-state index contributed by atoms with van der Waals surface area (Å²) in [7, 11) is 0. The number of nitrogens with one attached hydrogen (secondary N) is 1. The Labute approximate surface area is 167 Å². The van der Waals surface area contributed by atoms with Crippen LogP contribution in [0.2, 0.25) is 0 Å². The van der Waals surface area contributed by atoms with Crippen molar-refractivity contribution in [3.63, 3.8) is 0 Å². The summed E-state index contributed by atoms with van der Waals surface area (Å²) in [6.07, 6.45) is -0.430. The van der Waals surface area contributed by atoms with Gasteiger partial charge in [-0.2, -0.15) is 5.26 Å². The number of ether oxygens (including phenoxy) is 1. The maximum Gasteiger partial charge on any atom is 0.303 e. The van der Waals surface area contributed by atoms with Crippen molar-refractivity contribution < 1.29 is 9.53 Å². The molecule has 1 unspecified atom stereocenters. The summed E-state index contributed by atoms with van der Waals surface area (Å²) < 4.78 is 7.06. The zero-order chi connectivity index (χ0) is 20.5. The van der Waals surface area contributed by atoms with Crippen molar-refractivity contribution in [1.82, 2.24) is 9.38 Å².